The second-order valence-corrected chi connectivity index (χ2v) is 6.94. The molecule has 2 aromatic carbocycles. The Bertz CT molecular complexity index is 731. The molecule has 0 radical (unpaired) electrons. The first-order valence-corrected chi connectivity index (χ1v) is 8.72. The summed E-state index contributed by atoms with van der Waals surface area (Å²) < 4.78 is 0. The van der Waals surface area contributed by atoms with Crippen LogP contribution in [0.4, 0.5) is 0 Å². The first-order chi connectivity index (χ1) is 11.5. The molecule has 1 aliphatic rings. The van der Waals surface area contributed by atoms with Crippen molar-refractivity contribution < 1.29 is 4.79 Å². The molecule has 0 aliphatic carbocycles. The zero-order valence-corrected chi connectivity index (χ0v) is 15.0. The van der Waals surface area contributed by atoms with E-state index in [2.05, 4.69) is 23.1 Å². The van der Waals surface area contributed by atoms with Gasteiger partial charge in [0.2, 0.25) is 5.91 Å². The molecule has 1 atom stereocenters. The van der Waals surface area contributed by atoms with Gasteiger partial charge in [-0.2, -0.15) is 0 Å². The monoisotopic (exact) mass is 342 g/mol. The van der Waals surface area contributed by atoms with Crippen molar-refractivity contribution in [3.8, 4) is 0 Å². The van der Waals surface area contributed by atoms with Gasteiger partial charge in [-0.1, -0.05) is 48.0 Å². The van der Waals surface area contributed by atoms with Crippen LogP contribution in [0.1, 0.15) is 23.6 Å². The number of carbonyl (C=O) groups is 1. The molecule has 0 aromatic heterocycles. The van der Waals surface area contributed by atoms with E-state index in [9.17, 15) is 4.79 Å². The van der Waals surface area contributed by atoms with Gasteiger partial charge in [-0.25, -0.2) is 0 Å². The average molecular weight is 343 g/mol. The molecule has 0 bridgehead atoms. The number of halogens is 1. The van der Waals surface area contributed by atoms with Crippen molar-refractivity contribution in [2.75, 3.05) is 13.6 Å². The van der Waals surface area contributed by atoms with Gasteiger partial charge in [-0.3, -0.25) is 9.69 Å². The Hall–Kier alpha value is -1.84. The van der Waals surface area contributed by atoms with E-state index in [1.165, 1.54) is 11.1 Å². The number of rotatable bonds is 4. The first-order valence-electron chi connectivity index (χ1n) is 8.35. The van der Waals surface area contributed by atoms with Crippen LogP contribution < -0.4 is 0 Å². The van der Waals surface area contributed by atoms with Crippen LogP contribution in [0.5, 0.6) is 0 Å². The van der Waals surface area contributed by atoms with E-state index in [0.29, 0.717) is 13.1 Å². The van der Waals surface area contributed by atoms with E-state index in [1.807, 2.05) is 49.2 Å². The van der Waals surface area contributed by atoms with E-state index < -0.39 is 0 Å². The highest BCUT2D eigenvalue weighted by Crippen LogP contribution is 2.20. The van der Waals surface area contributed by atoms with Crippen LogP contribution in [0, 0.1) is 0 Å². The zero-order valence-electron chi connectivity index (χ0n) is 14.2. The fourth-order valence-corrected chi connectivity index (χ4v) is 3.41. The van der Waals surface area contributed by atoms with Crippen LogP contribution in [-0.4, -0.2) is 35.3 Å². The topological polar surface area (TPSA) is 23.6 Å². The quantitative estimate of drug-likeness (QED) is 0.845. The summed E-state index contributed by atoms with van der Waals surface area (Å²) in [6.07, 6.45) is 0.937. The van der Waals surface area contributed by atoms with Gasteiger partial charge in [0.1, 0.15) is 0 Å². The van der Waals surface area contributed by atoms with E-state index >= 15 is 0 Å². The van der Waals surface area contributed by atoms with Gasteiger partial charge in [0.15, 0.2) is 0 Å². The van der Waals surface area contributed by atoms with Crippen LogP contribution in [-0.2, 0) is 24.3 Å². The summed E-state index contributed by atoms with van der Waals surface area (Å²) in [5, 5.41) is 0.729. The number of amides is 1. The predicted octanol–water partition coefficient (Wildman–Crippen LogP) is 3.75. The van der Waals surface area contributed by atoms with Crippen molar-refractivity contribution in [3.05, 3.63) is 70.2 Å². The summed E-state index contributed by atoms with van der Waals surface area (Å²) in [5.74, 6) is 0.189. The molecule has 1 amide bonds. The molecule has 3 nitrogen and oxygen atoms in total. The molecule has 126 valence electrons. The van der Waals surface area contributed by atoms with Gasteiger partial charge in [-0.15, -0.1) is 0 Å². The minimum absolute atomic E-state index is 0.158. The van der Waals surface area contributed by atoms with Crippen LogP contribution in [0.25, 0.3) is 0 Å². The summed E-state index contributed by atoms with van der Waals surface area (Å²) in [7, 11) is 1.99. The Morgan fingerprint density at radius 2 is 1.96 bits per heavy atom. The lowest BCUT2D eigenvalue weighted by Gasteiger charge is -2.33. The largest absolute Gasteiger partial charge is 0.337 e. The Balaban J connectivity index is 1.64. The summed E-state index contributed by atoms with van der Waals surface area (Å²) >= 11 is 6.05. The number of hydrogen-bond donors (Lipinski definition) is 0. The van der Waals surface area contributed by atoms with E-state index in [0.717, 1.165) is 23.6 Å². The third-order valence-corrected chi connectivity index (χ3v) is 5.02. The van der Waals surface area contributed by atoms with Crippen LogP contribution >= 0.6 is 11.6 Å². The normalized spacial score (nSPS) is 15.2. The molecule has 0 fully saturated rings. The predicted molar refractivity (Wildman–Crippen MR) is 97.9 cm³/mol. The lowest BCUT2D eigenvalue weighted by Crippen LogP contribution is -2.47. The molecule has 1 unspecified atom stereocenters. The molecule has 3 rings (SSSR count). The Labute approximate surface area is 148 Å². The number of fused-ring (bicyclic) bond motifs is 1. The van der Waals surface area contributed by atoms with Crippen molar-refractivity contribution in [1.29, 1.82) is 0 Å². The number of hydrogen-bond acceptors (Lipinski definition) is 2. The molecular weight excluding hydrogens is 320 g/mol. The third-order valence-electron chi connectivity index (χ3n) is 4.78. The second-order valence-electron chi connectivity index (χ2n) is 6.50. The lowest BCUT2D eigenvalue weighted by molar-refractivity contribution is -0.137. The van der Waals surface area contributed by atoms with E-state index in [-0.39, 0.29) is 11.9 Å². The highest BCUT2D eigenvalue weighted by Gasteiger charge is 2.26. The molecule has 0 saturated heterocycles. The maximum Gasteiger partial charge on any atom is 0.239 e. The Morgan fingerprint density at radius 1 is 1.21 bits per heavy atom. The standard InChI is InChI=1S/C20H23ClN2O/c1-15(22(2)13-16-6-5-9-19(21)12-16)20(24)23-11-10-17-7-3-4-8-18(17)14-23/h3-9,12,15H,10-11,13-14H2,1-2H3. The van der Waals surface area contributed by atoms with Crippen LogP contribution in [0.15, 0.2) is 48.5 Å². The van der Waals surface area contributed by atoms with Crippen molar-refractivity contribution in [2.24, 2.45) is 0 Å². The molecule has 0 saturated carbocycles. The average Bonchev–Trinajstić information content (AvgIpc) is 2.60. The SMILES string of the molecule is CC(C(=O)N1CCc2ccccc2C1)N(C)Cc1cccc(Cl)c1. The van der Waals surface area contributed by atoms with Gasteiger partial charge in [0.25, 0.3) is 0 Å². The number of carbonyl (C=O) groups excluding carboxylic acids is 1. The summed E-state index contributed by atoms with van der Waals surface area (Å²) in [5.41, 5.74) is 3.75. The van der Waals surface area contributed by atoms with Crippen molar-refractivity contribution >= 4 is 17.5 Å². The molecule has 1 heterocycles. The zero-order chi connectivity index (χ0) is 17.1. The van der Waals surface area contributed by atoms with Crippen LogP contribution in [0.3, 0.4) is 0 Å². The molecular formula is C20H23ClN2O. The van der Waals surface area contributed by atoms with Gasteiger partial charge >= 0.3 is 0 Å². The molecule has 24 heavy (non-hydrogen) atoms. The lowest BCUT2D eigenvalue weighted by atomic mass is 9.99. The smallest absolute Gasteiger partial charge is 0.239 e. The second kappa shape index (κ2) is 7.37. The van der Waals surface area contributed by atoms with Gasteiger partial charge in [-0.05, 0) is 49.2 Å². The van der Waals surface area contributed by atoms with Gasteiger partial charge in [0, 0.05) is 24.7 Å². The van der Waals surface area contributed by atoms with Gasteiger partial charge in [0.05, 0.1) is 6.04 Å². The maximum absolute atomic E-state index is 12.9. The van der Waals surface area contributed by atoms with Gasteiger partial charge < -0.3 is 4.90 Å². The summed E-state index contributed by atoms with van der Waals surface area (Å²) in [6.45, 7) is 4.20. The first kappa shape index (κ1) is 17.0. The van der Waals surface area contributed by atoms with E-state index in [4.69, 9.17) is 11.6 Å². The van der Waals surface area contributed by atoms with Crippen molar-refractivity contribution in [3.63, 3.8) is 0 Å². The minimum Gasteiger partial charge on any atom is -0.337 e. The van der Waals surface area contributed by atoms with Crippen LogP contribution in [0.2, 0.25) is 5.02 Å². The summed E-state index contributed by atoms with van der Waals surface area (Å²) in [4.78, 5) is 16.9. The number of likely N-dealkylation sites (N-methyl/N-ethyl adjacent to an activating group) is 1. The third kappa shape index (κ3) is 3.80. The fourth-order valence-electron chi connectivity index (χ4n) is 3.20. The molecule has 4 heteroatoms. The molecule has 2 aromatic rings. The minimum atomic E-state index is -0.158. The van der Waals surface area contributed by atoms with Crippen molar-refractivity contribution in [1.82, 2.24) is 9.80 Å². The number of nitrogens with zero attached hydrogens (tertiary/aromatic N) is 2. The maximum atomic E-state index is 12.9. The summed E-state index contributed by atoms with van der Waals surface area (Å²) in [6, 6.07) is 16.0. The molecule has 1 aliphatic heterocycles. The highest BCUT2D eigenvalue weighted by molar-refractivity contribution is 6.30. The number of benzene rings is 2. The van der Waals surface area contributed by atoms with E-state index in [1.54, 1.807) is 0 Å². The highest BCUT2D eigenvalue weighted by atomic mass is 35.5. The Kier molecular flexibility index (Phi) is 5.22. The Morgan fingerprint density at radius 3 is 2.71 bits per heavy atom. The fraction of sp³-hybridized carbons (Fsp3) is 0.350. The molecule has 0 N–H and O–H groups in total. The molecule has 0 spiro atoms. The van der Waals surface area contributed by atoms with Crippen molar-refractivity contribution in [2.45, 2.75) is 32.5 Å².